The lowest BCUT2D eigenvalue weighted by Gasteiger charge is -2.18. The van der Waals surface area contributed by atoms with Crippen LogP contribution in [0, 0.1) is 0 Å². The van der Waals surface area contributed by atoms with Crippen molar-refractivity contribution in [3.8, 4) is 5.75 Å². The molecule has 0 saturated heterocycles. The van der Waals surface area contributed by atoms with E-state index in [1.807, 2.05) is 30.3 Å². The van der Waals surface area contributed by atoms with Gasteiger partial charge in [-0.15, -0.1) is 0 Å². The lowest BCUT2D eigenvalue weighted by molar-refractivity contribution is -0.118. The summed E-state index contributed by atoms with van der Waals surface area (Å²) in [5, 5.41) is 0. The minimum atomic E-state index is -0.277. The van der Waals surface area contributed by atoms with Crippen LogP contribution in [0.1, 0.15) is 19.3 Å². The van der Waals surface area contributed by atoms with Gasteiger partial charge in [-0.1, -0.05) is 18.2 Å². The van der Waals surface area contributed by atoms with Crippen molar-refractivity contribution in [1.29, 1.82) is 0 Å². The summed E-state index contributed by atoms with van der Waals surface area (Å²) in [6.07, 6.45) is 1.82. The van der Waals surface area contributed by atoms with E-state index in [1.165, 1.54) is 0 Å². The molecule has 0 saturated carbocycles. The maximum atomic E-state index is 10.6. The van der Waals surface area contributed by atoms with Gasteiger partial charge in [-0.05, 0) is 25.0 Å². The van der Waals surface area contributed by atoms with Crippen LogP contribution in [0.5, 0.6) is 5.75 Å². The number of hydrogen-bond donors (Lipinski definition) is 1. The monoisotopic (exact) mass is 237 g/mol. The molecule has 1 aromatic carbocycles. The molecule has 1 rings (SSSR count). The molecule has 0 radical (unpaired) electrons. The Labute approximate surface area is 102 Å². The summed E-state index contributed by atoms with van der Waals surface area (Å²) in [6, 6.07) is 9.57. The van der Waals surface area contributed by atoms with E-state index in [4.69, 9.17) is 15.2 Å². The summed E-state index contributed by atoms with van der Waals surface area (Å²) >= 11 is 0. The van der Waals surface area contributed by atoms with Crippen LogP contribution in [0.25, 0.3) is 0 Å². The molecule has 17 heavy (non-hydrogen) atoms. The summed E-state index contributed by atoms with van der Waals surface area (Å²) in [5.74, 6) is 0.537. The SMILES string of the molecule is COCC(CCCC(N)=O)Oc1ccccc1. The number of carbonyl (C=O) groups is 1. The lowest BCUT2D eigenvalue weighted by atomic mass is 10.1. The molecule has 4 heteroatoms. The second-order valence-corrected chi connectivity index (χ2v) is 3.87. The zero-order chi connectivity index (χ0) is 12.5. The van der Waals surface area contributed by atoms with E-state index >= 15 is 0 Å². The Hall–Kier alpha value is -1.55. The largest absolute Gasteiger partial charge is 0.488 e. The number of ether oxygens (including phenoxy) is 2. The van der Waals surface area contributed by atoms with Gasteiger partial charge >= 0.3 is 0 Å². The van der Waals surface area contributed by atoms with E-state index in [0.29, 0.717) is 13.0 Å². The Morgan fingerprint density at radius 2 is 2.06 bits per heavy atom. The molecule has 94 valence electrons. The van der Waals surface area contributed by atoms with E-state index in [0.717, 1.165) is 18.6 Å². The standard InChI is InChI=1S/C13H19NO3/c1-16-10-12(8-5-9-13(14)15)17-11-6-3-2-4-7-11/h2-4,6-7,12H,5,8-10H2,1H3,(H2,14,15). The Kier molecular flexibility index (Phi) is 6.10. The average Bonchev–Trinajstić information content (AvgIpc) is 2.30. The van der Waals surface area contributed by atoms with E-state index in [2.05, 4.69) is 0 Å². The number of primary amides is 1. The topological polar surface area (TPSA) is 61.5 Å². The molecular weight excluding hydrogens is 218 g/mol. The van der Waals surface area contributed by atoms with E-state index in [9.17, 15) is 4.79 Å². The number of methoxy groups -OCH3 is 1. The molecule has 0 heterocycles. The fraction of sp³-hybridized carbons (Fsp3) is 0.462. The normalized spacial score (nSPS) is 12.1. The molecule has 0 spiro atoms. The van der Waals surface area contributed by atoms with Crippen molar-refractivity contribution in [3.63, 3.8) is 0 Å². The highest BCUT2D eigenvalue weighted by Crippen LogP contribution is 2.14. The van der Waals surface area contributed by atoms with Crippen LogP contribution >= 0.6 is 0 Å². The highest BCUT2D eigenvalue weighted by Gasteiger charge is 2.10. The molecule has 0 bridgehead atoms. The zero-order valence-corrected chi connectivity index (χ0v) is 10.1. The summed E-state index contributed by atoms with van der Waals surface area (Å²) in [4.78, 5) is 10.6. The molecule has 1 atom stereocenters. The van der Waals surface area contributed by atoms with Crippen LogP contribution in [0.3, 0.4) is 0 Å². The van der Waals surface area contributed by atoms with Crippen molar-refractivity contribution in [2.75, 3.05) is 13.7 Å². The lowest BCUT2D eigenvalue weighted by Crippen LogP contribution is -2.23. The Bertz CT molecular complexity index is 327. The van der Waals surface area contributed by atoms with Crippen molar-refractivity contribution in [1.82, 2.24) is 0 Å². The molecule has 0 aliphatic rings. The highest BCUT2D eigenvalue weighted by atomic mass is 16.5. The van der Waals surface area contributed by atoms with Gasteiger partial charge in [0.15, 0.2) is 0 Å². The van der Waals surface area contributed by atoms with Crippen LogP contribution < -0.4 is 10.5 Å². The van der Waals surface area contributed by atoms with Gasteiger partial charge in [0.2, 0.25) is 5.91 Å². The summed E-state index contributed by atoms with van der Waals surface area (Å²) in [5.41, 5.74) is 5.09. The maximum absolute atomic E-state index is 10.6. The third-order valence-corrected chi connectivity index (χ3v) is 2.35. The Balaban J connectivity index is 2.40. The second kappa shape index (κ2) is 7.68. The van der Waals surface area contributed by atoms with Crippen LogP contribution in [0.4, 0.5) is 0 Å². The van der Waals surface area contributed by atoms with Gasteiger partial charge in [-0.3, -0.25) is 4.79 Å². The van der Waals surface area contributed by atoms with Crippen LogP contribution in [0.15, 0.2) is 30.3 Å². The molecular formula is C13H19NO3. The van der Waals surface area contributed by atoms with E-state index in [1.54, 1.807) is 7.11 Å². The smallest absolute Gasteiger partial charge is 0.217 e. The average molecular weight is 237 g/mol. The number of para-hydroxylation sites is 1. The predicted octanol–water partition coefficient (Wildman–Crippen LogP) is 1.74. The fourth-order valence-electron chi connectivity index (χ4n) is 1.56. The fourth-order valence-corrected chi connectivity index (χ4v) is 1.56. The Morgan fingerprint density at radius 1 is 1.35 bits per heavy atom. The quantitative estimate of drug-likeness (QED) is 0.749. The summed E-state index contributed by atoms with van der Waals surface area (Å²) < 4.78 is 10.9. The zero-order valence-electron chi connectivity index (χ0n) is 10.1. The number of carbonyl (C=O) groups excluding carboxylic acids is 1. The summed E-state index contributed by atoms with van der Waals surface area (Å²) in [7, 11) is 1.63. The maximum Gasteiger partial charge on any atom is 0.217 e. The van der Waals surface area contributed by atoms with Gasteiger partial charge in [0, 0.05) is 13.5 Å². The minimum absolute atomic E-state index is 0.0400. The minimum Gasteiger partial charge on any atom is -0.488 e. The van der Waals surface area contributed by atoms with E-state index in [-0.39, 0.29) is 12.0 Å². The van der Waals surface area contributed by atoms with Gasteiger partial charge in [0.05, 0.1) is 6.61 Å². The third-order valence-electron chi connectivity index (χ3n) is 2.35. The number of benzene rings is 1. The molecule has 0 fully saturated rings. The molecule has 2 N–H and O–H groups in total. The van der Waals surface area contributed by atoms with Gasteiger partial charge in [-0.25, -0.2) is 0 Å². The molecule has 0 aliphatic heterocycles. The number of amides is 1. The van der Waals surface area contributed by atoms with E-state index < -0.39 is 0 Å². The van der Waals surface area contributed by atoms with Gasteiger partial charge in [0.1, 0.15) is 11.9 Å². The van der Waals surface area contributed by atoms with Crippen molar-refractivity contribution in [3.05, 3.63) is 30.3 Å². The predicted molar refractivity (Wildman–Crippen MR) is 65.8 cm³/mol. The highest BCUT2D eigenvalue weighted by molar-refractivity contribution is 5.73. The molecule has 1 amide bonds. The first-order chi connectivity index (χ1) is 8.22. The summed E-state index contributed by atoms with van der Waals surface area (Å²) in [6.45, 7) is 0.508. The van der Waals surface area contributed by atoms with Crippen LogP contribution in [0.2, 0.25) is 0 Å². The number of rotatable bonds is 8. The van der Waals surface area contributed by atoms with Crippen molar-refractivity contribution in [2.24, 2.45) is 5.73 Å². The third kappa shape index (κ3) is 5.92. The first kappa shape index (κ1) is 13.5. The Morgan fingerprint density at radius 3 is 2.65 bits per heavy atom. The number of nitrogens with two attached hydrogens (primary N) is 1. The van der Waals surface area contributed by atoms with Gasteiger partial charge in [0.25, 0.3) is 0 Å². The molecule has 0 aliphatic carbocycles. The van der Waals surface area contributed by atoms with Crippen molar-refractivity contribution in [2.45, 2.75) is 25.4 Å². The second-order valence-electron chi connectivity index (χ2n) is 3.87. The molecule has 1 unspecified atom stereocenters. The van der Waals surface area contributed by atoms with Crippen LogP contribution in [-0.2, 0) is 9.53 Å². The molecule has 4 nitrogen and oxygen atoms in total. The molecule has 0 aromatic heterocycles. The van der Waals surface area contributed by atoms with Crippen molar-refractivity contribution >= 4 is 5.91 Å². The van der Waals surface area contributed by atoms with Gasteiger partial charge < -0.3 is 15.2 Å². The molecule has 1 aromatic rings. The van der Waals surface area contributed by atoms with Gasteiger partial charge in [-0.2, -0.15) is 0 Å². The first-order valence-corrected chi connectivity index (χ1v) is 5.71. The van der Waals surface area contributed by atoms with Crippen LogP contribution in [-0.4, -0.2) is 25.7 Å². The number of hydrogen-bond acceptors (Lipinski definition) is 3. The first-order valence-electron chi connectivity index (χ1n) is 5.71. The van der Waals surface area contributed by atoms with Crippen molar-refractivity contribution < 1.29 is 14.3 Å².